The molecule has 42 heavy (non-hydrogen) atoms. The lowest BCUT2D eigenvalue weighted by Crippen LogP contribution is -2.41. The number of benzene rings is 5. The summed E-state index contributed by atoms with van der Waals surface area (Å²) in [5, 5.41) is 5.80. The van der Waals surface area contributed by atoms with E-state index in [-0.39, 0.29) is 0 Å². The molecule has 0 bridgehead atoms. The van der Waals surface area contributed by atoms with E-state index in [4.69, 9.17) is 14.3 Å². The van der Waals surface area contributed by atoms with E-state index in [1.54, 1.807) is 0 Å². The van der Waals surface area contributed by atoms with Gasteiger partial charge in [0.2, 0.25) is 0 Å². The maximum Gasteiger partial charge on any atom is 0.494 e. The van der Waals surface area contributed by atoms with Crippen LogP contribution in [0.3, 0.4) is 0 Å². The van der Waals surface area contributed by atoms with Crippen molar-refractivity contribution in [2.24, 2.45) is 0 Å². The molecule has 0 aliphatic carbocycles. The molecule has 2 aromatic heterocycles. The van der Waals surface area contributed by atoms with Crippen molar-refractivity contribution in [3.63, 3.8) is 0 Å². The van der Waals surface area contributed by atoms with Gasteiger partial charge in [0, 0.05) is 32.8 Å². The Hall–Kier alpha value is -4.45. The minimum Gasteiger partial charge on any atom is -0.399 e. The Bertz CT molecular complexity index is 2130. The van der Waals surface area contributed by atoms with E-state index in [0.717, 1.165) is 60.5 Å². The van der Waals surface area contributed by atoms with Crippen LogP contribution < -0.4 is 5.46 Å². The molecule has 0 N–H and O–H groups in total. The number of aromatic nitrogens is 2. The molecular weight excluding hydrogens is 515 g/mol. The highest BCUT2D eigenvalue weighted by molar-refractivity contribution is 6.62. The molecule has 3 heterocycles. The van der Waals surface area contributed by atoms with Crippen LogP contribution in [0.2, 0.25) is 0 Å². The lowest BCUT2D eigenvalue weighted by molar-refractivity contribution is 0.00578. The first-order valence-corrected chi connectivity index (χ1v) is 14.6. The van der Waals surface area contributed by atoms with E-state index < -0.39 is 18.3 Å². The minimum absolute atomic E-state index is 0.403. The zero-order valence-corrected chi connectivity index (χ0v) is 24.3. The molecule has 4 nitrogen and oxygen atoms in total. The van der Waals surface area contributed by atoms with Crippen LogP contribution in [0.5, 0.6) is 0 Å². The molecule has 1 aliphatic heterocycles. The van der Waals surface area contributed by atoms with Gasteiger partial charge in [-0.05, 0) is 68.9 Å². The van der Waals surface area contributed by atoms with Gasteiger partial charge in [-0.3, -0.25) is 0 Å². The van der Waals surface area contributed by atoms with Crippen LogP contribution >= 0.6 is 0 Å². The molecule has 1 fully saturated rings. The van der Waals surface area contributed by atoms with Gasteiger partial charge < -0.3 is 13.9 Å². The second-order valence-corrected chi connectivity index (χ2v) is 12.3. The summed E-state index contributed by atoms with van der Waals surface area (Å²) in [5.41, 5.74) is 6.72. The van der Waals surface area contributed by atoms with Crippen molar-refractivity contribution >= 4 is 56.1 Å². The van der Waals surface area contributed by atoms with E-state index in [2.05, 4.69) is 141 Å². The summed E-state index contributed by atoms with van der Waals surface area (Å²) < 4.78 is 15.2. The minimum atomic E-state index is -0.429. The molecular formula is C37H31BN2O2. The van der Waals surface area contributed by atoms with Crippen LogP contribution in [-0.4, -0.2) is 27.9 Å². The second-order valence-electron chi connectivity index (χ2n) is 12.3. The molecule has 204 valence electrons. The molecule has 5 heteroatoms. The third-order valence-corrected chi connectivity index (χ3v) is 9.20. The van der Waals surface area contributed by atoms with E-state index in [0.29, 0.717) is 0 Å². The van der Waals surface area contributed by atoms with Crippen molar-refractivity contribution < 1.29 is 9.31 Å². The van der Waals surface area contributed by atoms with E-state index in [1.807, 2.05) is 6.07 Å². The fraction of sp³-hybridized carbons (Fsp3) is 0.162. The van der Waals surface area contributed by atoms with Crippen molar-refractivity contribution in [3.05, 3.63) is 115 Å². The van der Waals surface area contributed by atoms with Gasteiger partial charge in [-0.15, -0.1) is 0 Å². The number of pyridine rings is 1. The highest BCUT2D eigenvalue weighted by atomic mass is 16.7. The predicted octanol–water partition coefficient (Wildman–Crippen LogP) is 8.45. The van der Waals surface area contributed by atoms with Gasteiger partial charge in [0.1, 0.15) is 0 Å². The number of nitrogens with zero attached hydrogens (tertiary/aromatic N) is 2. The number of para-hydroxylation sites is 1. The third kappa shape index (κ3) is 3.74. The average molecular weight is 546 g/mol. The summed E-state index contributed by atoms with van der Waals surface area (Å²) in [6.45, 7) is 8.39. The second kappa shape index (κ2) is 9.03. The third-order valence-electron chi connectivity index (χ3n) is 9.20. The monoisotopic (exact) mass is 546 g/mol. The van der Waals surface area contributed by atoms with Crippen LogP contribution in [0.4, 0.5) is 0 Å². The smallest absolute Gasteiger partial charge is 0.399 e. The van der Waals surface area contributed by atoms with Crippen molar-refractivity contribution in [3.8, 4) is 16.9 Å². The van der Waals surface area contributed by atoms with Gasteiger partial charge in [-0.1, -0.05) is 84.9 Å². The first-order chi connectivity index (χ1) is 20.3. The van der Waals surface area contributed by atoms with Crippen molar-refractivity contribution in [2.45, 2.75) is 38.9 Å². The molecule has 5 aromatic carbocycles. The van der Waals surface area contributed by atoms with Crippen LogP contribution in [-0.2, 0) is 9.31 Å². The molecule has 0 amide bonds. The van der Waals surface area contributed by atoms with Gasteiger partial charge in [0.15, 0.2) is 0 Å². The summed E-state index contributed by atoms with van der Waals surface area (Å²) in [5.74, 6) is 0. The van der Waals surface area contributed by atoms with Gasteiger partial charge in [0.05, 0.1) is 33.4 Å². The maximum absolute atomic E-state index is 6.44. The van der Waals surface area contributed by atoms with Crippen LogP contribution in [0.1, 0.15) is 27.7 Å². The van der Waals surface area contributed by atoms with Crippen molar-refractivity contribution in [2.75, 3.05) is 0 Å². The number of fused-ring (bicyclic) bond motifs is 6. The normalized spacial score (nSPS) is 16.2. The first-order valence-electron chi connectivity index (χ1n) is 14.6. The molecule has 7 aromatic rings. The molecule has 1 aliphatic rings. The van der Waals surface area contributed by atoms with Gasteiger partial charge >= 0.3 is 7.12 Å². The van der Waals surface area contributed by atoms with Crippen molar-refractivity contribution in [1.82, 2.24) is 9.55 Å². The Morgan fingerprint density at radius 2 is 1.19 bits per heavy atom. The summed E-state index contributed by atoms with van der Waals surface area (Å²) in [6.07, 6.45) is 0. The lowest BCUT2D eigenvalue weighted by Gasteiger charge is -2.32. The topological polar surface area (TPSA) is 36.3 Å². The summed E-state index contributed by atoms with van der Waals surface area (Å²) in [6, 6.07) is 40.8. The zero-order valence-electron chi connectivity index (χ0n) is 24.3. The number of rotatable bonds is 3. The van der Waals surface area contributed by atoms with Gasteiger partial charge in [-0.2, -0.15) is 0 Å². The molecule has 0 spiro atoms. The Kier molecular flexibility index (Phi) is 5.43. The lowest BCUT2D eigenvalue weighted by atomic mass is 9.78. The highest BCUT2D eigenvalue weighted by Crippen LogP contribution is 2.40. The van der Waals surface area contributed by atoms with Crippen molar-refractivity contribution in [1.29, 1.82) is 0 Å². The SMILES string of the molecule is CC1(C)OB(c2ccc3c(c2)c2cc4nc(-c5ccccc5)c5ccccc5c4cc2n3-c2ccccc2)OC1(C)C. The molecule has 1 saturated heterocycles. The fourth-order valence-corrected chi connectivity index (χ4v) is 6.28. The Morgan fingerprint density at radius 1 is 0.571 bits per heavy atom. The Labute approximate surface area is 245 Å². The maximum atomic E-state index is 6.44. The van der Waals surface area contributed by atoms with E-state index >= 15 is 0 Å². The Balaban J connectivity index is 1.44. The zero-order chi connectivity index (χ0) is 28.6. The summed E-state index contributed by atoms with van der Waals surface area (Å²) in [4.78, 5) is 5.29. The predicted molar refractivity (Wildman–Crippen MR) is 175 cm³/mol. The van der Waals surface area contributed by atoms with E-state index in [1.165, 1.54) is 5.39 Å². The number of hydrogen-bond acceptors (Lipinski definition) is 3. The quantitative estimate of drug-likeness (QED) is 0.165. The molecule has 8 rings (SSSR count). The standard InChI is InChI=1S/C37H31BN2O2/c1-36(2)37(3,4)42-38(41-36)25-19-20-33-30(21-25)31-22-32-29(23-34(31)40(33)26-15-9-6-10-16-26)27-17-11-12-18-28(27)35(39-32)24-13-7-5-8-14-24/h5-23H,1-4H3. The molecule has 0 radical (unpaired) electrons. The largest absolute Gasteiger partial charge is 0.494 e. The fourth-order valence-electron chi connectivity index (χ4n) is 6.28. The summed E-state index contributed by atoms with van der Waals surface area (Å²) in [7, 11) is -0.429. The molecule has 0 saturated carbocycles. The van der Waals surface area contributed by atoms with E-state index in [9.17, 15) is 0 Å². The Morgan fingerprint density at radius 3 is 1.90 bits per heavy atom. The van der Waals surface area contributed by atoms with Crippen LogP contribution in [0.15, 0.2) is 115 Å². The average Bonchev–Trinajstić information content (AvgIpc) is 3.44. The van der Waals surface area contributed by atoms with Crippen LogP contribution in [0.25, 0.3) is 60.4 Å². The highest BCUT2D eigenvalue weighted by Gasteiger charge is 2.51. The summed E-state index contributed by atoms with van der Waals surface area (Å²) >= 11 is 0. The molecule has 0 unspecified atom stereocenters. The van der Waals surface area contributed by atoms with Crippen LogP contribution in [0, 0.1) is 0 Å². The molecule has 0 atom stereocenters. The van der Waals surface area contributed by atoms with Gasteiger partial charge in [-0.25, -0.2) is 4.98 Å². The van der Waals surface area contributed by atoms with Gasteiger partial charge in [0.25, 0.3) is 0 Å². The number of hydrogen-bond donors (Lipinski definition) is 0. The first kappa shape index (κ1) is 25.3.